The van der Waals surface area contributed by atoms with Crippen LogP contribution in [0.15, 0.2) is 29.6 Å². The fourth-order valence-electron chi connectivity index (χ4n) is 3.26. The SMILES string of the molecule is COCCN(CCC(=O)NC[C@@H]1CCCO1)C(=O)c1csc(Nc2ccc(OC)cc2)n1. The molecular formula is C22H30N4O5S. The summed E-state index contributed by atoms with van der Waals surface area (Å²) in [5.41, 5.74) is 1.18. The molecule has 32 heavy (non-hydrogen) atoms. The summed E-state index contributed by atoms with van der Waals surface area (Å²) in [4.78, 5) is 31.2. The number of nitrogens with zero attached hydrogens (tertiary/aromatic N) is 2. The predicted octanol–water partition coefficient (Wildman–Crippen LogP) is 2.67. The van der Waals surface area contributed by atoms with Crippen LogP contribution in [-0.2, 0) is 14.3 Å². The molecule has 1 atom stereocenters. The molecule has 3 rings (SSSR count). The first-order chi connectivity index (χ1) is 15.6. The number of aromatic nitrogens is 1. The lowest BCUT2D eigenvalue weighted by Gasteiger charge is -2.21. The molecule has 0 radical (unpaired) electrons. The van der Waals surface area contributed by atoms with Crippen molar-refractivity contribution in [1.82, 2.24) is 15.2 Å². The van der Waals surface area contributed by atoms with Crippen LogP contribution in [-0.4, -0.2) is 74.9 Å². The van der Waals surface area contributed by atoms with E-state index < -0.39 is 0 Å². The van der Waals surface area contributed by atoms with Gasteiger partial charge >= 0.3 is 0 Å². The summed E-state index contributed by atoms with van der Waals surface area (Å²) in [5.74, 6) is 0.433. The number of rotatable bonds is 12. The molecule has 0 unspecified atom stereocenters. The number of methoxy groups -OCH3 is 2. The number of benzene rings is 1. The molecule has 0 spiro atoms. The normalized spacial score (nSPS) is 15.4. The largest absolute Gasteiger partial charge is 0.497 e. The second kappa shape index (κ2) is 12.4. The van der Waals surface area contributed by atoms with Gasteiger partial charge in [-0.1, -0.05) is 0 Å². The minimum atomic E-state index is -0.229. The van der Waals surface area contributed by atoms with E-state index in [0.717, 1.165) is 30.9 Å². The van der Waals surface area contributed by atoms with Crippen molar-refractivity contribution in [3.05, 3.63) is 35.3 Å². The van der Waals surface area contributed by atoms with E-state index in [-0.39, 0.29) is 30.9 Å². The van der Waals surface area contributed by atoms with Crippen LogP contribution in [0.1, 0.15) is 29.8 Å². The highest BCUT2D eigenvalue weighted by Crippen LogP contribution is 2.23. The Morgan fingerprint density at radius 1 is 1.25 bits per heavy atom. The molecule has 0 saturated carbocycles. The van der Waals surface area contributed by atoms with Crippen LogP contribution < -0.4 is 15.4 Å². The van der Waals surface area contributed by atoms with E-state index in [2.05, 4.69) is 15.6 Å². The molecule has 2 amide bonds. The van der Waals surface area contributed by atoms with Crippen LogP contribution in [0, 0.1) is 0 Å². The minimum absolute atomic E-state index is 0.0943. The number of carbonyl (C=O) groups is 2. The molecule has 9 nitrogen and oxygen atoms in total. The summed E-state index contributed by atoms with van der Waals surface area (Å²) in [5, 5.41) is 8.40. The minimum Gasteiger partial charge on any atom is -0.497 e. The van der Waals surface area contributed by atoms with E-state index in [0.29, 0.717) is 30.5 Å². The maximum absolute atomic E-state index is 13.0. The van der Waals surface area contributed by atoms with Gasteiger partial charge in [0.2, 0.25) is 5.91 Å². The average molecular weight is 463 g/mol. The van der Waals surface area contributed by atoms with Crippen LogP contribution in [0.5, 0.6) is 5.75 Å². The Bertz CT molecular complexity index is 867. The second-order valence-corrected chi connectivity index (χ2v) is 8.22. The first-order valence-corrected chi connectivity index (χ1v) is 11.5. The van der Waals surface area contributed by atoms with E-state index in [1.165, 1.54) is 11.3 Å². The number of thiazole rings is 1. The van der Waals surface area contributed by atoms with Crippen molar-refractivity contribution in [2.45, 2.75) is 25.4 Å². The van der Waals surface area contributed by atoms with Gasteiger partial charge in [0, 0.05) is 50.8 Å². The van der Waals surface area contributed by atoms with E-state index in [9.17, 15) is 9.59 Å². The smallest absolute Gasteiger partial charge is 0.273 e. The van der Waals surface area contributed by atoms with E-state index in [4.69, 9.17) is 14.2 Å². The lowest BCUT2D eigenvalue weighted by atomic mass is 10.2. The van der Waals surface area contributed by atoms with Crippen LogP contribution in [0.3, 0.4) is 0 Å². The van der Waals surface area contributed by atoms with Gasteiger partial charge in [0.1, 0.15) is 11.4 Å². The highest BCUT2D eigenvalue weighted by atomic mass is 32.1. The van der Waals surface area contributed by atoms with Gasteiger partial charge < -0.3 is 29.7 Å². The van der Waals surface area contributed by atoms with Crippen molar-refractivity contribution >= 4 is 34.0 Å². The van der Waals surface area contributed by atoms with Gasteiger partial charge in [-0.3, -0.25) is 9.59 Å². The third-order valence-electron chi connectivity index (χ3n) is 5.08. The maximum Gasteiger partial charge on any atom is 0.273 e. The highest BCUT2D eigenvalue weighted by molar-refractivity contribution is 7.14. The van der Waals surface area contributed by atoms with Gasteiger partial charge in [-0.25, -0.2) is 4.98 Å². The van der Waals surface area contributed by atoms with E-state index >= 15 is 0 Å². The molecule has 1 aromatic carbocycles. The molecule has 1 aliphatic heterocycles. The van der Waals surface area contributed by atoms with Gasteiger partial charge in [-0.2, -0.15) is 0 Å². The Hall–Kier alpha value is -2.69. The molecule has 1 aliphatic rings. The topological polar surface area (TPSA) is 102 Å². The van der Waals surface area contributed by atoms with Crippen molar-refractivity contribution in [2.75, 3.05) is 52.4 Å². The summed E-state index contributed by atoms with van der Waals surface area (Å²) >= 11 is 1.35. The molecule has 0 aliphatic carbocycles. The lowest BCUT2D eigenvalue weighted by molar-refractivity contribution is -0.121. The van der Waals surface area contributed by atoms with Crippen LogP contribution >= 0.6 is 11.3 Å². The molecule has 2 aromatic rings. The standard InChI is InChI=1S/C22H30N4O5S/c1-29-13-11-26(10-9-20(27)23-14-18-4-3-12-31-18)21(28)19-15-32-22(25-19)24-16-5-7-17(30-2)8-6-16/h5-8,15,18H,3-4,9-14H2,1-2H3,(H,23,27)(H,24,25)/t18-/m0/s1. The van der Waals surface area contributed by atoms with Gasteiger partial charge in [0.15, 0.2) is 5.13 Å². The highest BCUT2D eigenvalue weighted by Gasteiger charge is 2.21. The van der Waals surface area contributed by atoms with Gasteiger partial charge in [0.05, 0.1) is 19.8 Å². The molecular weight excluding hydrogens is 432 g/mol. The number of amides is 2. The number of anilines is 2. The third kappa shape index (κ3) is 7.18. The molecule has 1 fully saturated rings. The summed E-state index contributed by atoms with van der Waals surface area (Å²) < 4.78 is 15.8. The summed E-state index contributed by atoms with van der Waals surface area (Å²) in [6, 6.07) is 7.44. The molecule has 174 valence electrons. The first-order valence-electron chi connectivity index (χ1n) is 10.6. The van der Waals surface area contributed by atoms with Gasteiger partial charge in [-0.05, 0) is 37.1 Å². The predicted molar refractivity (Wildman–Crippen MR) is 123 cm³/mol. The average Bonchev–Trinajstić information content (AvgIpc) is 3.50. The fraction of sp³-hybridized carbons (Fsp3) is 0.500. The lowest BCUT2D eigenvalue weighted by Crippen LogP contribution is -2.38. The Labute approximate surface area is 192 Å². The van der Waals surface area contributed by atoms with Gasteiger partial charge in [0.25, 0.3) is 5.91 Å². The summed E-state index contributed by atoms with van der Waals surface area (Å²) in [7, 11) is 3.20. The molecule has 10 heteroatoms. The van der Waals surface area contributed by atoms with Gasteiger partial charge in [-0.15, -0.1) is 11.3 Å². The molecule has 1 saturated heterocycles. The monoisotopic (exact) mass is 462 g/mol. The van der Waals surface area contributed by atoms with Crippen molar-refractivity contribution in [3.63, 3.8) is 0 Å². The fourth-order valence-corrected chi connectivity index (χ4v) is 3.97. The quantitative estimate of drug-likeness (QED) is 0.500. The third-order valence-corrected chi connectivity index (χ3v) is 5.83. The maximum atomic E-state index is 13.0. The Kier molecular flexibility index (Phi) is 9.27. The van der Waals surface area contributed by atoms with Crippen LogP contribution in [0.4, 0.5) is 10.8 Å². The number of hydrogen-bond donors (Lipinski definition) is 2. The van der Waals surface area contributed by atoms with E-state index in [1.807, 2.05) is 24.3 Å². The van der Waals surface area contributed by atoms with Crippen molar-refractivity contribution < 1.29 is 23.8 Å². The summed E-state index contributed by atoms with van der Waals surface area (Å²) in [6.07, 6.45) is 2.30. The zero-order valence-corrected chi connectivity index (χ0v) is 19.3. The number of hydrogen-bond acceptors (Lipinski definition) is 8. The van der Waals surface area contributed by atoms with Crippen molar-refractivity contribution in [1.29, 1.82) is 0 Å². The van der Waals surface area contributed by atoms with Crippen LogP contribution in [0.2, 0.25) is 0 Å². The Morgan fingerprint density at radius 3 is 2.75 bits per heavy atom. The molecule has 1 aromatic heterocycles. The van der Waals surface area contributed by atoms with Crippen molar-refractivity contribution in [3.8, 4) is 5.75 Å². The molecule has 0 bridgehead atoms. The van der Waals surface area contributed by atoms with Crippen molar-refractivity contribution in [2.24, 2.45) is 0 Å². The van der Waals surface area contributed by atoms with Crippen LogP contribution in [0.25, 0.3) is 0 Å². The number of ether oxygens (including phenoxy) is 3. The number of carbonyl (C=O) groups excluding carboxylic acids is 2. The Morgan fingerprint density at radius 2 is 2.06 bits per heavy atom. The summed E-state index contributed by atoms with van der Waals surface area (Å²) in [6.45, 7) is 2.32. The Balaban J connectivity index is 1.54. The second-order valence-electron chi connectivity index (χ2n) is 7.37. The molecule has 2 heterocycles. The first kappa shape index (κ1) is 24.0. The number of nitrogens with one attached hydrogen (secondary N) is 2. The molecule has 2 N–H and O–H groups in total. The zero-order chi connectivity index (χ0) is 22.8. The van der Waals surface area contributed by atoms with E-state index in [1.54, 1.807) is 24.5 Å². The zero-order valence-electron chi connectivity index (χ0n) is 18.5.